The molecule has 31 heavy (non-hydrogen) atoms. The largest absolute Gasteiger partial charge is 0.331 e. The van der Waals surface area contributed by atoms with Crippen LogP contribution in [0.25, 0.3) is 0 Å². The van der Waals surface area contributed by atoms with Crippen molar-refractivity contribution in [1.29, 1.82) is 0 Å². The molecule has 1 aliphatic heterocycles. The first-order chi connectivity index (χ1) is 14.8. The number of benzene rings is 2. The second-order valence-electron chi connectivity index (χ2n) is 7.24. The van der Waals surface area contributed by atoms with Gasteiger partial charge in [0.2, 0.25) is 11.8 Å². The summed E-state index contributed by atoms with van der Waals surface area (Å²) in [7, 11) is -3.80. The molecule has 2 atom stereocenters. The van der Waals surface area contributed by atoms with Gasteiger partial charge in [-0.15, -0.1) is 11.8 Å². The minimum Gasteiger partial charge on any atom is -0.331 e. The number of carbonyl (C=O) groups excluding carboxylic acids is 2. The Hall–Kier alpha value is -2.36. The van der Waals surface area contributed by atoms with Crippen molar-refractivity contribution < 1.29 is 18.0 Å². The summed E-state index contributed by atoms with van der Waals surface area (Å²) in [5.41, 5.74) is 2.35. The molecule has 9 heteroatoms. The van der Waals surface area contributed by atoms with Gasteiger partial charge < -0.3 is 10.6 Å². The molecule has 1 aliphatic rings. The summed E-state index contributed by atoms with van der Waals surface area (Å²) >= 11 is 1.20. The predicted octanol–water partition coefficient (Wildman–Crippen LogP) is 2.33. The van der Waals surface area contributed by atoms with Gasteiger partial charge in [0, 0.05) is 12.2 Å². The molecule has 0 aromatic heterocycles. The van der Waals surface area contributed by atoms with Crippen molar-refractivity contribution in [2.45, 2.75) is 42.3 Å². The maximum atomic E-state index is 12.9. The highest BCUT2D eigenvalue weighted by atomic mass is 32.2. The van der Waals surface area contributed by atoms with Gasteiger partial charge in [0.25, 0.3) is 0 Å². The van der Waals surface area contributed by atoms with Crippen LogP contribution in [0.3, 0.4) is 0 Å². The van der Waals surface area contributed by atoms with Crippen LogP contribution in [0, 0.1) is 0 Å². The first kappa shape index (κ1) is 23.3. The third-order valence-corrected chi connectivity index (χ3v) is 8.20. The Bertz CT molecular complexity index is 1040. The highest BCUT2D eigenvalue weighted by molar-refractivity contribution is 8.00. The Balaban J connectivity index is 1.53. The smallest absolute Gasteiger partial charge is 0.241 e. The number of thioether (sulfide) groups is 1. The number of carbonyl (C=O) groups is 2. The van der Waals surface area contributed by atoms with Gasteiger partial charge in [0.1, 0.15) is 5.50 Å². The van der Waals surface area contributed by atoms with Gasteiger partial charge in [-0.25, -0.2) is 8.42 Å². The zero-order valence-electron chi connectivity index (χ0n) is 17.6. The van der Waals surface area contributed by atoms with Gasteiger partial charge in [0.15, 0.2) is 15.1 Å². The summed E-state index contributed by atoms with van der Waals surface area (Å²) in [5, 5.41) is 7.29. The number of anilines is 1. The molecule has 0 saturated carbocycles. The quantitative estimate of drug-likeness (QED) is 0.557. The van der Waals surface area contributed by atoms with Crippen LogP contribution in [-0.4, -0.2) is 43.3 Å². The second kappa shape index (κ2) is 10.3. The highest BCUT2D eigenvalue weighted by Gasteiger charge is 2.38. The van der Waals surface area contributed by atoms with Crippen molar-refractivity contribution >= 4 is 39.1 Å². The lowest BCUT2D eigenvalue weighted by molar-refractivity contribution is -0.122. The summed E-state index contributed by atoms with van der Waals surface area (Å²) < 4.78 is 25.7. The second-order valence-corrected chi connectivity index (χ2v) is 10.5. The lowest BCUT2D eigenvalue weighted by Gasteiger charge is -2.29. The van der Waals surface area contributed by atoms with Gasteiger partial charge in [0.05, 0.1) is 10.6 Å². The summed E-state index contributed by atoms with van der Waals surface area (Å²) in [6.07, 6.45) is 1.69. The van der Waals surface area contributed by atoms with Crippen LogP contribution in [0.2, 0.25) is 0 Å². The first-order valence-electron chi connectivity index (χ1n) is 10.2. The Morgan fingerprint density at radius 3 is 2.45 bits per heavy atom. The lowest BCUT2D eigenvalue weighted by Crippen LogP contribution is -2.59. The fourth-order valence-corrected chi connectivity index (χ4v) is 5.55. The average molecular weight is 462 g/mol. The number of hydrogen-bond acceptors (Lipinski definition) is 6. The van der Waals surface area contributed by atoms with Gasteiger partial charge in [-0.1, -0.05) is 38.1 Å². The van der Waals surface area contributed by atoms with E-state index in [1.54, 1.807) is 24.3 Å². The number of aryl methyl sites for hydroxylation is 2. The van der Waals surface area contributed by atoms with E-state index in [2.05, 4.69) is 16.0 Å². The molecule has 2 aromatic rings. The number of nitrogens with one attached hydrogen (secondary N) is 3. The molecule has 3 rings (SSSR count). The van der Waals surface area contributed by atoms with E-state index in [-0.39, 0.29) is 23.1 Å². The molecule has 1 heterocycles. The fourth-order valence-electron chi connectivity index (χ4n) is 3.24. The van der Waals surface area contributed by atoms with E-state index in [0.29, 0.717) is 0 Å². The molecule has 166 valence electrons. The summed E-state index contributed by atoms with van der Waals surface area (Å²) in [4.78, 5) is 24.9. The van der Waals surface area contributed by atoms with E-state index >= 15 is 0 Å². The molecule has 2 amide bonds. The van der Waals surface area contributed by atoms with E-state index in [9.17, 15) is 18.0 Å². The number of sulfone groups is 1. The van der Waals surface area contributed by atoms with Crippen LogP contribution in [0.15, 0.2) is 53.4 Å². The number of hydrogen-bond donors (Lipinski definition) is 3. The van der Waals surface area contributed by atoms with E-state index in [1.165, 1.54) is 11.8 Å². The summed E-state index contributed by atoms with van der Waals surface area (Å²) in [6, 6.07) is 14.2. The van der Waals surface area contributed by atoms with E-state index in [0.717, 1.165) is 29.7 Å². The maximum Gasteiger partial charge on any atom is 0.241 e. The molecule has 3 N–H and O–H groups in total. The van der Waals surface area contributed by atoms with Crippen molar-refractivity contribution in [1.82, 2.24) is 10.6 Å². The van der Waals surface area contributed by atoms with Crippen LogP contribution in [0.4, 0.5) is 5.69 Å². The van der Waals surface area contributed by atoms with Crippen molar-refractivity contribution in [2.24, 2.45) is 0 Å². The zero-order valence-corrected chi connectivity index (χ0v) is 19.2. The van der Waals surface area contributed by atoms with Crippen LogP contribution < -0.4 is 16.0 Å². The zero-order chi connectivity index (χ0) is 22.4. The highest BCUT2D eigenvalue weighted by Crippen LogP contribution is 2.21. The third-order valence-electron chi connectivity index (χ3n) is 5.09. The first-order valence-corrected chi connectivity index (χ1v) is 12.8. The van der Waals surface area contributed by atoms with Gasteiger partial charge in [-0.3, -0.25) is 14.9 Å². The topological polar surface area (TPSA) is 104 Å². The Kier molecular flexibility index (Phi) is 7.74. The Morgan fingerprint density at radius 2 is 1.81 bits per heavy atom. The normalized spacial score (nSPS) is 19.0. The van der Waals surface area contributed by atoms with Gasteiger partial charge in [-0.2, -0.15) is 0 Å². The molecule has 1 saturated heterocycles. The number of rotatable bonds is 8. The molecular formula is C22H27N3O4S2. The predicted molar refractivity (Wildman–Crippen MR) is 124 cm³/mol. The monoisotopic (exact) mass is 461 g/mol. The molecule has 7 nitrogen and oxygen atoms in total. The summed E-state index contributed by atoms with van der Waals surface area (Å²) in [6.45, 7) is 4.02. The molecule has 0 aliphatic carbocycles. The van der Waals surface area contributed by atoms with Crippen molar-refractivity contribution in [3.05, 3.63) is 59.7 Å². The average Bonchev–Trinajstić information content (AvgIpc) is 2.77. The maximum absolute atomic E-state index is 12.9. The van der Waals surface area contributed by atoms with Crippen LogP contribution in [0.1, 0.15) is 25.0 Å². The molecule has 2 unspecified atom stereocenters. The third kappa shape index (κ3) is 5.87. The Morgan fingerprint density at radius 1 is 1.10 bits per heavy atom. The molecule has 2 aromatic carbocycles. The summed E-state index contributed by atoms with van der Waals surface area (Å²) in [5.74, 6) is -0.642. The molecule has 1 fully saturated rings. The molecule has 0 bridgehead atoms. The van der Waals surface area contributed by atoms with Crippen molar-refractivity contribution in [3.8, 4) is 0 Å². The molecule has 0 spiro atoms. The minimum atomic E-state index is -3.80. The van der Waals surface area contributed by atoms with Crippen molar-refractivity contribution in [2.75, 3.05) is 17.6 Å². The standard InChI is InChI=1S/C22H27N3O4S2/c1-3-15-8-10-18(11-9-15)31(28,29)19-13-23-22(25-21(19)27)30-14-20(26)24-17-7-5-6-16(4-2)12-17/h5-12,19,22-23H,3-4,13-14H2,1-2H3,(H,24,26)(H,25,27). The van der Waals surface area contributed by atoms with Crippen LogP contribution in [-0.2, 0) is 32.3 Å². The minimum absolute atomic E-state index is 0.0124. The Labute approximate surface area is 187 Å². The fraction of sp³-hybridized carbons (Fsp3) is 0.364. The number of amides is 2. The van der Waals surface area contributed by atoms with E-state index in [4.69, 9.17) is 0 Å². The van der Waals surface area contributed by atoms with Crippen LogP contribution in [0.5, 0.6) is 0 Å². The SMILES string of the molecule is CCc1ccc(S(=O)(=O)C2CNC(SCC(=O)Nc3cccc(CC)c3)NC2=O)cc1. The van der Waals surface area contributed by atoms with E-state index in [1.807, 2.05) is 38.1 Å². The molecular weight excluding hydrogens is 434 g/mol. The van der Waals surface area contributed by atoms with Gasteiger partial charge in [-0.05, 0) is 48.2 Å². The van der Waals surface area contributed by atoms with Crippen molar-refractivity contribution in [3.63, 3.8) is 0 Å². The van der Waals surface area contributed by atoms with E-state index < -0.39 is 26.5 Å². The molecule has 0 radical (unpaired) electrons. The van der Waals surface area contributed by atoms with Gasteiger partial charge >= 0.3 is 0 Å². The lowest BCUT2D eigenvalue weighted by atomic mass is 10.1. The van der Waals surface area contributed by atoms with Crippen LogP contribution >= 0.6 is 11.8 Å².